The Morgan fingerprint density at radius 3 is 0.803 bits per heavy atom. The number of carbonyl (C=O) groups excluding carboxylic acids is 3. The van der Waals surface area contributed by atoms with Crippen LogP contribution in [0.25, 0.3) is 0 Å². The van der Waals surface area contributed by atoms with Gasteiger partial charge in [-0.1, -0.05) is 308 Å². The van der Waals surface area contributed by atoms with Crippen molar-refractivity contribution in [3.8, 4) is 0 Å². The van der Waals surface area contributed by atoms with Crippen LogP contribution < -0.4 is 0 Å². The van der Waals surface area contributed by atoms with E-state index in [2.05, 4.69) is 45.1 Å². The zero-order valence-electron chi connectivity index (χ0n) is 48.0. The third kappa shape index (κ3) is 58.7. The van der Waals surface area contributed by atoms with Gasteiger partial charge >= 0.3 is 17.9 Å². The molecule has 0 aromatic rings. The van der Waals surface area contributed by atoms with Crippen LogP contribution in [-0.2, 0) is 28.6 Å². The van der Waals surface area contributed by atoms with Gasteiger partial charge in [0, 0.05) is 19.3 Å². The summed E-state index contributed by atoms with van der Waals surface area (Å²) < 4.78 is 16.8. The van der Waals surface area contributed by atoms with E-state index in [4.69, 9.17) is 14.2 Å². The molecule has 1 unspecified atom stereocenters. The quantitative estimate of drug-likeness (QED) is 0.0261. The highest BCUT2D eigenvalue weighted by Crippen LogP contribution is 2.18. The number of carbonyl (C=O) groups is 3. The highest BCUT2D eigenvalue weighted by molar-refractivity contribution is 5.71. The number of hydrogen-bond donors (Lipinski definition) is 0. The van der Waals surface area contributed by atoms with Gasteiger partial charge in [0.2, 0.25) is 0 Å². The second kappa shape index (κ2) is 60.4. The largest absolute Gasteiger partial charge is 0.462 e. The summed E-state index contributed by atoms with van der Waals surface area (Å²) in [5.74, 6) is -0.856. The van der Waals surface area contributed by atoms with Crippen LogP contribution in [0.15, 0.2) is 24.3 Å². The van der Waals surface area contributed by atoms with Gasteiger partial charge in [0.15, 0.2) is 6.10 Å². The predicted molar refractivity (Wildman–Crippen MR) is 307 cm³/mol. The first kappa shape index (κ1) is 68.9. The first-order valence-electron chi connectivity index (χ1n) is 31.8. The summed E-state index contributed by atoms with van der Waals surface area (Å²) >= 11 is 0. The monoisotopic (exact) mass is 999 g/mol. The fourth-order valence-corrected chi connectivity index (χ4v) is 9.65. The van der Waals surface area contributed by atoms with Crippen LogP contribution in [0.3, 0.4) is 0 Å². The third-order valence-electron chi connectivity index (χ3n) is 14.5. The number of hydrogen-bond acceptors (Lipinski definition) is 6. The summed E-state index contributed by atoms with van der Waals surface area (Å²) in [5.41, 5.74) is 0. The fourth-order valence-electron chi connectivity index (χ4n) is 9.65. The Kier molecular flexibility index (Phi) is 58.6. The van der Waals surface area contributed by atoms with Gasteiger partial charge in [-0.2, -0.15) is 0 Å². The van der Waals surface area contributed by atoms with Crippen LogP contribution in [0, 0.1) is 0 Å². The molecule has 0 aliphatic heterocycles. The van der Waals surface area contributed by atoms with Crippen molar-refractivity contribution in [2.45, 2.75) is 361 Å². The van der Waals surface area contributed by atoms with Crippen LogP contribution in [0.5, 0.6) is 0 Å². The molecule has 0 fully saturated rings. The Morgan fingerprint density at radius 2 is 0.507 bits per heavy atom. The molecule has 0 aliphatic rings. The van der Waals surface area contributed by atoms with E-state index in [-0.39, 0.29) is 31.1 Å². The second-order valence-electron chi connectivity index (χ2n) is 21.7. The molecule has 0 heterocycles. The van der Waals surface area contributed by atoms with E-state index in [0.717, 1.165) is 64.2 Å². The Morgan fingerprint density at radius 1 is 0.282 bits per heavy atom. The Bertz CT molecular complexity index is 1150. The molecule has 6 heteroatoms. The van der Waals surface area contributed by atoms with Crippen LogP contribution in [-0.4, -0.2) is 37.2 Å². The van der Waals surface area contributed by atoms with Gasteiger partial charge < -0.3 is 14.2 Å². The molecular formula is C65H122O6. The zero-order valence-corrected chi connectivity index (χ0v) is 48.0. The Labute approximate surface area is 443 Å². The number of rotatable bonds is 59. The average molecular weight is 1000 g/mol. The lowest BCUT2D eigenvalue weighted by Crippen LogP contribution is -2.30. The van der Waals surface area contributed by atoms with Crippen molar-refractivity contribution in [2.75, 3.05) is 13.2 Å². The lowest BCUT2D eigenvalue weighted by molar-refractivity contribution is -0.167. The minimum absolute atomic E-state index is 0.0678. The summed E-state index contributed by atoms with van der Waals surface area (Å²) in [6, 6.07) is 0. The second-order valence-corrected chi connectivity index (χ2v) is 21.7. The lowest BCUT2D eigenvalue weighted by Gasteiger charge is -2.18. The Balaban J connectivity index is 4.05. The number of unbranched alkanes of at least 4 members (excludes halogenated alkanes) is 44. The van der Waals surface area contributed by atoms with E-state index in [1.54, 1.807) is 0 Å². The van der Waals surface area contributed by atoms with Gasteiger partial charge in [-0.25, -0.2) is 0 Å². The molecule has 1 atom stereocenters. The molecule has 0 aromatic heterocycles. The van der Waals surface area contributed by atoms with Crippen LogP contribution in [0.1, 0.15) is 355 Å². The fraction of sp³-hybridized carbons (Fsp3) is 0.892. The summed E-state index contributed by atoms with van der Waals surface area (Å²) in [6.45, 7) is 6.63. The summed E-state index contributed by atoms with van der Waals surface area (Å²) in [7, 11) is 0. The van der Waals surface area contributed by atoms with E-state index in [9.17, 15) is 14.4 Å². The van der Waals surface area contributed by atoms with Crippen LogP contribution in [0.4, 0.5) is 0 Å². The van der Waals surface area contributed by atoms with Gasteiger partial charge in [-0.3, -0.25) is 14.4 Å². The van der Waals surface area contributed by atoms with E-state index in [1.807, 2.05) is 0 Å². The third-order valence-corrected chi connectivity index (χ3v) is 14.5. The summed E-state index contributed by atoms with van der Waals surface area (Å²) in [4.78, 5) is 38.0. The smallest absolute Gasteiger partial charge is 0.306 e. The number of esters is 3. The van der Waals surface area contributed by atoms with Crippen molar-refractivity contribution < 1.29 is 28.6 Å². The molecule has 0 saturated carbocycles. The van der Waals surface area contributed by atoms with Gasteiger partial charge in [0.25, 0.3) is 0 Å². The van der Waals surface area contributed by atoms with Gasteiger partial charge in [0.05, 0.1) is 0 Å². The van der Waals surface area contributed by atoms with E-state index in [1.165, 1.54) is 250 Å². The van der Waals surface area contributed by atoms with Crippen LogP contribution >= 0.6 is 0 Å². The first-order valence-corrected chi connectivity index (χ1v) is 31.8. The molecule has 0 amide bonds. The topological polar surface area (TPSA) is 78.9 Å². The van der Waals surface area contributed by atoms with Crippen molar-refractivity contribution in [3.05, 3.63) is 24.3 Å². The van der Waals surface area contributed by atoms with Crippen molar-refractivity contribution >= 4 is 17.9 Å². The molecule has 0 rings (SSSR count). The molecule has 0 N–H and O–H groups in total. The molecule has 0 aromatic carbocycles. The van der Waals surface area contributed by atoms with Gasteiger partial charge in [-0.15, -0.1) is 0 Å². The van der Waals surface area contributed by atoms with Gasteiger partial charge in [0.1, 0.15) is 13.2 Å². The average Bonchev–Trinajstić information content (AvgIpc) is 3.37. The van der Waals surface area contributed by atoms with E-state index >= 15 is 0 Å². The van der Waals surface area contributed by atoms with Crippen molar-refractivity contribution in [3.63, 3.8) is 0 Å². The molecular weight excluding hydrogens is 877 g/mol. The SMILES string of the molecule is CCCCC/C=C\C/C=C\CCCCCCCCCCCC(=O)OC(COC(=O)CCCCCCCCC)COC(=O)CCCCCCCCCCCCCCCCCCCCCCCCCCCCC. The molecule has 418 valence electrons. The first-order chi connectivity index (χ1) is 35.0. The van der Waals surface area contributed by atoms with E-state index in [0.29, 0.717) is 19.3 Å². The normalized spacial score (nSPS) is 12.1. The number of allylic oxidation sites excluding steroid dienone is 4. The molecule has 0 bridgehead atoms. The molecule has 0 saturated heterocycles. The maximum absolute atomic E-state index is 12.8. The van der Waals surface area contributed by atoms with Crippen LogP contribution in [0.2, 0.25) is 0 Å². The highest BCUT2D eigenvalue weighted by atomic mass is 16.6. The molecule has 71 heavy (non-hydrogen) atoms. The highest BCUT2D eigenvalue weighted by Gasteiger charge is 2.19. The molecule has 0 aliphatic carbocycles. The Hall–Kier alpha value is -2.11. The predicted octanol–water partition coefficient (Wildman–Crippen LogP) is 21.4. The summed E-state index contributed by atoms with van der Waals surface area (Å²) in [6.07, 6.45) is 72.2. The van der Waals surface area contributed by atoms with Crippen molar-refractivity contribution in [2.24, 2.45) is 0 Å². The molecule has 0 spiro atoms. The minimum Gasteiger partial charge on any atom is -0.462 e. The van der Waals surface area contributed by atoms with Crippen molar-refractivity contribution in [1.82, 2.24) is 0 Å². The lowest BCUT2D eigenvalue weighted by atomic mass is 10.0. The van der Waals surface area contributed by atoms with E-state index < -0.39 is 6.10 Å². The summed E-state index contributed by atoms with van der Waals surface area (Å²) in [5, 5.41) is 0. The standard InChI is InChI=1S/C65H122O6/c1-4-7-10-13-16-18-20-22-24-26-28-29-30-31-32-33-34-35-37-38-40-42-44-46-49-52-55-58-64(67)70-61-62(60-69-63(66)57-54-51-48-15-12-9-6-3)71-65(68)59-56-53-50-47-45-43-41-39-36-27-25-23-21-19-17-14-11-8-5-2/h17,19,23,25,62H,4-16,18,20-22,24,26-61H2,1-3H3/b19-17-,25-23-. The van der Waals surface area contributed by atoms with Crippen molar-refractivity contribution in [1.29, 1.82) is 0 Å². The maximum atomic E-state index is 12.8. The van der Waals surface area contributed by atoms with Gasteiger partial charge in [-0.05, 0) is 51.4 Å². The zero-order chi connectivity index (χ0) is 51.4. The number of ether oxygens (including phenoxy) is 3. The molecule has 0 radical (unpaired) electrons. The molecule has 6 nitrogen and oxygen atoms in total. The minimum atomic E-state index is -0.768. The maximum Gasteiger partial charge on any atom is 0.306 e.